The van der Waals surface area contributed by atoms with Crippen LogP contribution in [-0.4, -0.2) is 24.2 Å². The number of carbonyl (C=O) groups is 2. The monoisotopic (exact) mass is 570 g/mol. The lowest BCUT2D eigenvalue weighted by Gasteiger charge is -2.13. The fourth-order valence-corrected chi connectivity index (χ4v) is 3.25. The van der Waals surface area contributed by atoms with E-state index in [0.29, 0.717) is 17.1 Å². The molecule has 0 bridgehead atoms. The van der Waals surface area contributed by atoms with Crippen molar-refractivity contribution >= 4 is 56.0 Å². The maximum atomic E-state index is 12.3. The van der Waals surface area contributed by atoms with Crippen LogP contribution in [0.5, 0.6) is 11.5 Å². The number of benzene rings is 3. The molecule has 0 heterocycles. The van der Waals surface area contributed by atoms with Crippen molar-refractivity contribution in [3.63, 3.8) is 0 Å². The van der Waals surface area contributed by atoms with Crippen LogP contribution < -0.4 is 14.9 Å². The Bertz CT molecular complexity index is 1160. The third-order valence-corrected chi connectivity index (χ3v) is 5.29. The summed E-state index contributed by atoms with van der Waals surface area (Å²) in [7, 11) is 0. The summed E-state index contributed by atoms with van der Waals surface area (Å²) in [5.74, 6) is -0.0856. The Morgan fingerprint density at radius 3 is 2.39 bits per heavy atom. The molecule has 0 saturated heterocycles. The lowest BCUT2D eigenvalue weighted by molar-refractivity contribution is -0.129. The third kappa shape index (κ3) is 8.00. The van der Waals surface area contributed by atoms with Gasteiger partial charge in [-0.3, -0.25) is 4.79 Å². The molecule has 0 saturated carbocycles. The summed E-state index contributed by atoms with van der Waals surface area (Å²) in [5, 5.41) is 3.98. The van der Waals surface area contributed by atoms with Crippen LogP contribution >= 0.6 is 31.9 Å². The number of ether oxygens (including phenoxy) is 2. The molecule has 33 heavy (non-hydrogen) atoms. The van der Waals surface area contributed by atoms with E-state index in [1.165, 1.54) is 12.3 Å². The van der Waals surface area contributed by atoms with E-state index in [4.69, 9.17) is 9.47 Å². The predicted molar refractivity (Wildman–Crippen MR) is 135 cm³/mol. The van der Waals surface area contributed by atoms with Gasteiger partial charge in [-0.25, -0.2) is 10.2 Å². The molecule has 1 N–H and O–H groups in total. The van der Waals surface area contributed by atoms with Crippen LogP contribution in [0, 0.1) is 0 Å². The fourth-order valence-electron chi connectivity index (χ4n) is 2.61. The Balaban J connectivity index is 1.61. The quantitative estimate of drug-likeness (QED) is 0.123. The lowest BCUT2D eigenvalue weighted by Crippen LogP contribution is -2.33. The number of carbonyl (C=O) groups excluding carboxylic acids is 2. The first-order chi connectivity index (χ1) is 15.9. The molecule has 0 aliphatic heterocycles. The number of nitrogens with one attached hydrogen (secondary N) is 1. The van der Waals surface area contributed by atoms with Gasteiger partial charge in [0.15, 0.2) is 6.10 Å². The zero-order valence-corrected chi connectivity index (χ0v) is 20.7. The SMILES string of the molecule is C[C@H](Oc1ccc(Br)cc1)C(=O)N/N=C\c1cc(Br)ccc1OC(=O)/C=C/c1ccccc1. The standard InChI is InChI=1S/C25H20Br2N2O4/c1-17(32-22-11-8-20(26)9-12-22)25(31)29-28-16-19-15-21(27)10-13-23(19)33-24(30)14-7-18-5-3-2-4-6-18/h2-17H,1H3,(H,29,31)/b14-7+,28-16-/t17-/m0/s1. The van der Waals surface area contributed by atoms with Crippen LogP contribution in [-0.2, 0) is 9.59 Å². The number of hydrogen-bond acceptors (Lipinski definition) is 5. The number of hydrogen-bond donors (Lipinski definition) is 1. The van der Waals surface area contributed by atoms with E-state index in [1.54, 1.807) is 43.3 Å². The molecule has 8 heteroatoms. The van der Waals surface area contributed by atoms with Crippen molar-refractivity contribution in [1.29, 1.82) is 0 Å². The van der Waals surface area contributed by atoms with E-state index in [-0.39, 0.29) is 0 Å². The highest BCUT2D eigenvalue weighted by Gasteiger charge is 2.14. The fraction of sp³-hybridized carbons (Fsp3) is 0.0800. The number of nitrogens with zero attached hydrogens (tertiary/aromatic N) is 1. The average molecular weight is 572 g/mol. The molecule has 0 radical (unpaired) electrons. The zero-order chi connectivity index (χ0) is 23.6. The zero-order valence-electron chi connectivity index (χ0n) is 17.6. The highest BCUT2D eigenvalue weighted by molar-refractivity contribution is 9.10. The van der Waals surface area contributed by atoms with Crippen molar-refractivity contribution in [3.8, 4) is 11.5 Å². The van der Waals surface area contributed by atoms with E-state index < -0.39 is 18.0 Å². The molecular weight excluding hydrogens is 552 g/mol. The lowest BCUT2D eigenvalue weighted by atomic mass is 10.2. The molecule has 6 nitrogen and oxygen atoms in total. The third-order valence-electron chi connectivity index (χ3n) is 4.27. The Labute approximate surface area is 208 Å². The predicted octanol–water partition coefficient (Wildman–Crippen LogP) is 5.75. The highest BCUT2D eigenvalue weighted by Crippen LogP contribution is 2.22. The van der Waals surface area contributed by atoms with Crippen molar-refractivity contribution in [2.45, 2.75) is 13.0 Å². The second kappa shape index (κ2) is 12.1. The number of amides is 1. The molecule has 0 aliphatic rings. The molecule has 0 spiro atoms. The first kappa shape index (κ1) is 24.4. The van der Waals surface area contributed by atoms with Crippen molar-refractivity contribution in [1.82, 2.24) is 5.43 Å². The Hall–Kier alpha value is -3.23. The number of halogens is 2. The molecule has 0 aliphatic carbocycles. The maximum absolute atomic E-state index is 12.3. The molecular formula is C25H20Br2N2O4. The summed E-state index contributed by atoms with van der Waals surface area (Å²) in [6, 6.07) is 21.7. The second-order valence-electron chi connectivity index (χ2n) is 6.80. The largest absolute Gasteiger partial charge is 0.481 e. The van der Waals surface area contributed by atoms with Crippen LogP contribution in [0.2, 0.25) is 0 Å². The Morgan fingerprint density at radius 1 is 0.970 bits per heavy atom. The molecule has 0 unspecified atom stereocenters. The minimum absolute atomic E-state index is 0.304. The van der Waals surface area contributed by atoms with Crippen LogP contribution in [0.1, 0.15) is 18.1 Å². The highest BCUT2D eigenvalue weighted by atomic mass is 79.9. The van der Waals surface area contributed by atoms with E-state index in [9.17, 15) is 9.59 Å². The van der Waals surface area contributed by atoms with E-state index >= 15 is 0 Å². The summed E-state index contributed by atoms with van der Waals surface area (Å²) in [4.78, 5) is 24.5. The Kier molecular flexibility index (Phi) is 8.97. The molecule has 0 aromatic heterocycles. The van der Waals surface area contributed by atoms with Gasteiger partial charge in [0.05, 0.1) is 6.21 Å². The summed E-state index contributed by atoms with van der Waals surface area (Å²) in [6.07, 6.45) is 3.66. The summed E-state index contributed by atoms with van der Waals surface area (Å²) in [5.41, 5.74) is 3.83. The van der Waals surface area contributed by atoms with Gasteiger partial charge in [0.1, 0.15) is 11.5 Å². The van der Waals surface area contributed by atoms with Gasteiger partial charge in [0, 0.05) is 20.6 Å². The number of hydrazone groups is 1. The van der Waals surface area contributed by atoms with Gasteiger partial charge in [-0.2, -0.15) is 5.10 Å². The topological polar surface area (TPSA) is 77.0 Å². The van der Waals surface area contributed by atoms with Crippen molar-refractivity contribution in [2.75, 3.05) is 0 Å². The van der Waals surface area contributed by atoms with E-state index in [0.717, 1.165) is 14.5 Å². The van der Waals surface area contributed by atoms with Gasteiger partial charge in [-0.1, -0.05) is 62.2 Å². The molecule has 1 amide bonds. The Morgan fingerprint density at radius 2 is 1.67 bits per heavy atom. The second-order valence-corrected chi connectivity index (χ2v) is 8.63. The summed E-state index contributed by atoms with van der Waals surface area (Å²) >= 11 is 6.73. The molecule has 3 rings (SSSR count). The van der Waals surface area contributed by atoms with Gasteiger partial charge in [0.2, 0.25) is 0 Å². The van der Waals surface area contributed by atoms with Crippen molar-refractivity contribution < 1.29 is 19.1 Å². The summed E-state index contributed by atoms with van der Waals surface area (Å²) in [6.45, 7) is 1.62. The van der Waals surface area contributed by atoms with Gasteiger partial charge in [-0.05, 0) is 61.0 Å². The van der Waals surface area contributed by atoms with E-state index in [2.05, 4.69) is 42.4 Å². The van der Waals surface area contributed by atoms with Gasteiger partial charge in [-0.15, -0.1) is 0 Å². The van der Waals surface area contributed by atoms with Crippen LogP contribution in [0.3, 0.4) is 0 Å². The van der Waals surface area contributed by atoms with Gasteiger partial charge < -0.3 is 9.47 Å². The summed E-state index contributed by atoms with van der Waals surface area (Å²) < 4.78 is 12.7. The normalized spacial score (nSPS) is 12.0. The van der Waals surface area contributed by atoms with Crippen LogP contribution in [0.4, 0.5) is 0 Å². The maximum Gasteiger partial charge on any atom is 0.336 e. The molecule has 168 valence electrons. The van der Waals surface area contributed by atoms with Gasteiger partial charge >= 0.3 is 5.97 Å². The minimum atomic E-state index is -0.758. The van der Waals surface area contributed by atoms with Crippen LogP contribution in [0.25, 0.3) is 6.08 Å². The first-order valence-corrected chi connectivity index (χ1v) is 11.5. The van der Waals surface area contributed by atoms with Crippen LogP contribution in [0.15, 0.2) is 92.9 Å². The average Bonchev–Trinajstić information content (AvgIpc) is 2.81. The molecule has 0 fully saturated rings. The molecule has 1 atom stereocenters. The molecule has 3 aromatic rings. The van der Waals surface area contributed by atoms with Gasteiger partial charge in [0.25, 0.3) is 5.91 Å². The first-order valence-electron chi connectivity index (χ1n) is 9.90. The molecule has 3 aromatic carbocycles. The van der Waals surface area contributed by atoms with Crippen molar-refractivity contribution in [3.05, 3.63) is 98.9 Å². The minimum Gasteiger partial charge on any atom is -0.481 e. The van der Waals surface area contributed by atoms with Crippen molar-refractivity contribution in [2.24, 2.45) is 5.10 Å². The number of rotatable bonds is 8. The van der Waals surface area contributed by atoms with E-state index in [1.807, 2.05) is 42.5 Å². The smallest absolute Gasteiger partial charge is 0.336 e. The number of esters is 1.